The molecule has 0 N–H and O–H groups in total. The van der Waals surface area contributed by atoms with Gasteiger partial charge in [0.1, 0.15) is 5.82 Å². The highest BCUT2D eigenvalue weighted by atomic mass is 35.5. The molecule has 0 unspecified atom stereocenters. The molecule has 3 aromatic carbocycles. The van der Waals surface area contributed by atoms with Crippen LogP contribution in [0.1, 0.15) is 11.1 Å². The fraction of sp³-hybridized carbons (Fsp3) is 0.0952. The molecule has 0 radical (unpaired) electrons. The molecule has 0 amide bonds. The number of aryl methyl sites for hydroxylation is 1. The summed E-state index contributed by atoms with van der Waals surface area (Å²) in [4.78, 5) is 4.85. The van der Waals surface area contributed by atoms with Crippen LogP contribution in [0.5, 0.6) is 0 Å². The lowest BCUT2D eigenvalue weighted by molar-refractivity contribution is 0.834. The quantitative estimate of drug-likeness (QED) is 0.469. The van der Waals surface area contributed by atoms with Gasteiger partial charge in [-0.25, -0.2) is 4.98 Å². The average molecular weight is 333 g/mol. The number of rotatable bonds is 3. The third-order valence-electron chi connectivity index (χ3n) is 4.20. The van der Waals surface area contributed by atoms with Gasteiger partial charge in [0.05, 0.1) is 11.0 Å². The molecule has 0 aliphatic rings. The molecule has 24 heavy (non-hydrogen) atoms. The third kappa shape index (κ3) is 2.81. The maximum absolute atomic E-state index is 6.23. The predicted octanol–water partition coefficient (Wildman–Crippen LogP) is 5.71. The van der Waals surface area contributed by atoms with Gasteiger partial charge in [-0.1, -0.05) is 71.8 Å². The summed E-state index contributed by atoms with van der Waals surface area (Å²) in [6.45, 7) is 2.86. The Labute approximate surface area is 146 Å². The molecular weight excluding hydrogens is 316 g/mol. The van der Waals surface area contributed by atoms with Crippen LogP contribution >= 0.6 is 11.6 Å². The number of imidazole rings is 1. The van der Waals surface area contributed by atoms with Gasteiger partial charge in [0.25, 0.3) is 0 Å². The molecule has 0 saturated heterocycles. The number of benzene rings is 3. The molecule has 1 aromatic heterocycles. The van der Waals surface area contributed by atoms with E-state index in [4.69, 9.17) is 16.6 Å². The van der Waals surface area contributed by atoms with Crippen LogP contribution in [-0.4, -0.2) is 9.55 Å². The Hall–Kier alpha value is -2.58. The van der Waals surface area contributed by atoms with Gasteiger partial charge in [0.15, 0.2) is 0 Å². The fourth-order valence-electron chi connectivity index (χ4n) is 2.94. The summed E-state index contributed by atoms with van der Waals surface area (Å²) in [5.41, 5.74) is 5.62. The van der Waals surface area contributed by atoms with E-state index in [2.05, 4.69) is 60.0 Å². The van der Waals surface area contributed by atoms with Crippen molar-refractivity contribution in [1.82, 2.24) is 9.55 Å². The average Bonchev–Trinajstić information content (AvgIpc) is 2.94. The molecule has 0 spiro atoms. The van der Waals surface area contributed by atoms with E-state index in [0.29, 0.717) is 0 Å². The lowest BCUT2D eigenvalue weighted by Gasteiger charge is -2.10. The number of aromatic nitrogens is 2. The first kappa shape index (κ1) is 15.0. The van der Waals surface area contributed by atoms with Gasteiger partial charge >= 0.3 is 0 Å². The Bertz CT molecular complexity index is 986. The van der Waals surface area contributed by atoms with Gasteiger partial charge in [-0.2, -0.15) is 0 Å². The first-order valence-electron chi connectivity index (χ1n) is 7.97. The summed E-state index contributed by atoms with van der Waals surface area (Å²) in [7, 11) is 0. The molecule has 0 fully saturated rings. The lowest BCUT2D eigenvalue weighted by Crippen LogP contribution is -2.02. The fourth-order valence-corrected chi connectivity index (χ4v) is 3.11. The van der Waals surface area contributed by atoms with Crippen LogP contribution in [0.25, 0.3) is 22.4 Å². The van der Waals surface area contributed by atoms with E-state index in [0.717, 1.165) is 34.0 Å². The summed E-state index contributed by atoms with van der Waals surface area (Å²) in [6, 6.07) is 24.8. The highest BCUT2D eigenvalue weighted by Crippen LogP contribution is 2.28. The molecular formula is C21H17ClN2. The predicted molar refractivity (Wildman–Crippen MR) is 100 cm³/mol. The van der Waals surface area contributed by atoms with Gasteiger partial charge < -0.3 is 4.57 Å². The van der Waals surface area contributed by atoms with E-state index < -0.39 is 0 Å². The molecule has 1 heterocycles. The first-order valence-corrected chi connectivity index (χ1v) is 8.35. The zero-order valence-corrected chi connectivity index (χ0v) is 14.2. The molecule has 0 bridgehead atoms. The van der Waals surface area contributed by atoms with Crippen molar-refractivity contribution in [3.63, 3.8) is 0 Å². The van der Waals surface area contributed by atoms with Crippen LogP contribution in [0.4, 0.5) is 0 Å². The first-order chi connectivity index (χ1) is 11.7. The third-order valence-corrected chi connectivity index (χ3v) is 4.44. The van der Waals surface area contributed by atoms with Crippen LogP contribution in [-0.2, 0) is 6.54 Å². The Morgan fingerprint density at radius 3 is 2.42 bits per heavy atom. The molecule has 3 heteroatoms. The number of hydrogen-bond donors (Lipinski definition) is 0. The minimum Gasteiger partial charge on any atom is -0.319 e. The summed E-state index contributed by atoms with van der Waals surface area (Å²) < 4.78 is 2.24. The lowest BCUT2D eigenvalue weighted by atomic mass is 10.1. The highest BCUT2D eigenvalue weighted by Gasteiger charge is 2.13. The van der Waals surface area contributed by atoms with Gasteiger partial charge in [-0.05, 0) is 30.7 Å². The Morgan fingerprint density at radius 1 is 0.917 bits per heavy atom. The van der Waals surface area contributed by atoms with Gasteiger partial charge in [-0.3, -0.25) is 0 Å². The monoisotopic (exact) mass is 332 g/mol. The van der Waals surface area contributed by atoms with Crippen LogP contribution in [0, 0.1) is 6.92 Å². The molecule has 118 valence electrons. The van der Waals surface area contributed by atoms with Crippen molar-refractivity contribution < 1.29 is 0 Å². The minimum absolute atomic E-state index is 0.729. The Balaban J connectivity index is 1.91. The molecule has 0 aliphatic carbocycles. The van der Waals surface area contributed by atoms with Crippen molar-refractivity contribution in [2.75, 3.05) is 0 Å². The Kier molecular flexibility index (Phi) is 3.83. The van der Waals surface area contributed by atoms with E-state index in [1.54, 1.807) is 0 Å². The number of fused-ring (bicyclic) bond motifs is 1. The van der Waals surface area contributed by atoms with Crippen LogP contribution < -0.4 is 0 Å². The Morgan fingerprint density at radius 2 is 1.67 bits per heavy atom. The minimum atomic E-state index is 0.729. The van der Waals surface area contributed by atoms with Crippen LogP contribution in [0.2, 0.25) is 5.02 Å². The van der Waals surface area contributed by atoms with E-state index in [1.165, 1.54) is 11.1 Å². The second-order valence-electron chi connectivity index (χ2n) is 6.01. The maximum atomic E-state index is 6.23. The van der Waals surface area contributed by atoms with Crippen molar-refractivity contribution in [3.8, 4) is 11.4 Å². The van der Waals surface area contributed by atoms with Crippen molar-refractivity contribution in [2.24, 2.45) is 0 Å². The van der Waals surface area contributed by atoms with E-state index >= 15 is 0 Å². The summed E-state index contributed by atoms with van der Waals surface area (Å²) in [5.74, 6) is 0.969. The second-order valence-corrected chi connectivity index (χ2v) is 6.44. The number of hydrogen-bond acceptors (Lipinski definition) is 1. The van der Waals surface area contributed by atoms with E-state index in [9.17, 15) is 0 Å². The number of halogens is 1. The zero-order valence-electron chi connectivity index (χ0n) is 13.4. The summed E-state index contributed by atoms with van der Waals surface area (Å²) in [5, 5.41) is 0.729. The number of nitrogens with zero attached hydrogens (tertiary/aromatic N) is 2. The van der Waals surface area contributed by atoms with Crippen molar-refractivity contribution >= 4 is 22.6 Å². The van der Waals surface area contributed by atoms with Gasteiger partial charge in [-0.15, -0.1) is 0 Å². The van der Waals surface area contributed by atoms with Crippen LogP contribution in [0.3, 0.4) is 0 Å². The van der Waals surface area contributed by atoms with Crippen molar-refractivity contribution in [2.45, 2.75) is 13.5 Å². The van der Waals surface area contributed by atoms with Crippen molar-refractivity contribution in [1.29, 1.82) is 0 Å². The largest absolute Gasteiger partial charge is 0.319 e. The topological polar surface area (TPSA) is 17.8 Å². The van der Waals surface area contributed by atoms with Gasteiger partial charge in [0.2, 0.25) is 0 Å². The molecule has 2 nitrogen and oxygen atoms in total. The maximum Gasteiger partial charge on any atom is 0.141 e. The molecule has 0 aliphatic heterocycles. The summed E-state index contributed by atoms with van der Waals surface area (Å²) >= 11 is 6.23. The van der Waals surface area contributed by atoms with Crippen molar-refractivity contribution in [3.05, 3.63) is 88.9 Å². The zero-order chi connectivity index (χ0) is 16.5. The SMILES string of the molecule is Cc1ccc(-c2nc3ccc(Cl)cc3n2Cc2ccccc2)cc1. The van der Waals surface area contributed by atoms with Crippen LogP contribution in [0.15, 0.2) is 72.8 Å². The highest BCUT2D eigenvalue weighted by molar-refractivity contribution is 6.31. The molecule has 4 rings (SSSR count). The molecule has 0 saturated carbocycles. The smallest absolute Gasteiger partial charge is 0.141 e. The normalized spacial score (nSPS) is 11.1. The van der Waals surface area contributed by atoms with E-state index in [1.807, 2.05) is 24.3 Å². The van der Waals surface area contributed by atoms with Gasteiger partial charge in [0, 0.05) is 17.1 Å². The van der Waals surface area contributed by atoms with E-state index in [-0.39, 0.29) is 0 Å². The molecule has 0 atom stereocenters. The standard InChI is InChI=1S/C21H17ClN2/c1-15-7-9-17(10-8-15)21-23-19-12-11-18(22)13-20(19)24(21)14-16-5-3-2-4-6-16/h2-13H,14H2,1H3. The molecule has 4 aromatic rings. The second kappa shape index (κ2) is 6.14. The summed E-state index contributed by atoms with van der Waals surface area (Å²) in [6.07, 6.45) is 0.